The second kappa shape index (κ2) is 7.14. The van der Waals surface area contributed by atoms with Gasteiger partial charge in [0, 0.05) is 51.0 Å². The topological polar surface area (TPSA) is 35.5 Å². The van der Waals surface area contributed by atoms with E-state index in [0.29, 0.717) is 0 Å². The molecule has 1 aromatic carbocycles. The number of aryl methyl sites for hydroxylation is 2. The van der Waals surface area contributed by atoms with Crippen LogP contribution in [0, 0.1) is 20.8 Å². The highest BCUT2D eigenvalue weighted by molar-refractivity contribution is 5.58. The van der Waals surface area contributed by atoms with Gasteiger partial charge in [-0.25, -0.2) is 9.97 Å². The van der Waals surface area contributed by atoms with E-state index in [4.69, 9.17) is 4.98 Å². The van der Waals surface area contributed by atoms with Gasteiger partial charge in [0.05, 0.1) is 0 Å². The van der Waals surface area contributed by atoms with Crippen LogP contribution in [0.3, 0.4) is 0 Å². The predicted molar refractivity (Wildman–Crippen MR) is 109 cm³/mol. The van der Waals surface area contributed by atoms with Crippen LogP contribution in [0.2, 0.25) is 0 Å². The zero-order valence-corrected chi connectivity index (χ0v) is 16.2. The smallest absolute Gasteiger partial charge is 0.134 e. The first kappa shape index (κ1) is 17.1. The van der Waals surface area contributed by atoms with Crippen molar-refractivity contribution in [2.75, 3.05) is 54.0 Å². The minimum absolute atomic E-state index is 0.876. The fourth-order valence-electron chi connectivity index (χ4n) is 4.06. The maximum absolute atomic E-state index is 4.73. The van der Waals surface area contributed by atoms with E-state index in [2.05, 4.69) is 57.8 Å². The third kappa shape index (κ3) is 3.35. The van der Waals surface area contributed by atoms with Crippen molar-refractivity contribution in [3.05, 3.63) is 41.2 Å². The third-order valence-electron chi connectivity index (χ3n) is 5.76. The summed E-state index contributed by atoms with van der Waals surface area (Å²) >= 11 is 0. The van der Waals surface area contributed by atoms with Crippen molar-refractivity contribution in [3.8, 4) is 0 Å². The molecule has 0 saturated carbocycles. The Morgan fingerprint density at radius 1 is 0.731 bits per heavy atom. The minimum Gasteiger partial charge on any atom is -0.368 e. The lowest BCUT2D eigenvalue weighted by molar-refractivity contribution is 0.644. The summed E-state index contributed by atoms with van der Waals surface area (Å²) in [5.41, 5.74) is 4.14. The van der Waals surface area contributed by atoms with Crippen LogP contribution in [-0.4, -0.2) is 49.2 Å². The quantitative estimate of drug-likeness (QED) is 0.848. The minimum atomic E-state index is 0.876. The Hall–Kier alpha value is -2.30. The van der Waals surface area contributed by atoms with Gasteiger partial charge in [0.25, 0.3) is 0 Å². The SMILES string of the molecule is Cc1nc(N2CCCC2)cc(N2CCN(c3cccc(C)c3C)CC2)n1. The molecule has 0 N–H and O–H groups in total. The zero-order chi connectivity index (χ0) is 18.1. The molecule has 2 aromatic rings. The van der Waals surface area contributed by atoms with Crippen LogP contribution in [-0.2, 0) is 0 Å². The number of benzene rings is 1. The lowest BCUT2D eigenvalue weighted by Crippen LogP contribution is -2.47. The molecule has 5 heteroatoms. The van der Waals surface area contributed by atoms with E-state index in [9.17, 15) is 0 Å². The first-order valence-electron chi connectivity index (χ1n) is 9.78. The van der Waals surface area contributed by atoms with Gasteiger partial charge in [0.15, 0.2) is 0 Å². The van der Waals surface area contributed by atoms with Gasteiger partial charge < -0.3 is 14.7 Å². The highest BCUT2D eigenvalue weighted by Crippen LogP contribution is 2.27. The van der Waals surface area contributed by atoms with Gasteiger partial charge in [-0.2, -0.15) is 0 Å². The molecule has 26 heavy (non-hydrogen) atoms. The van der Waals surface area contributed by atoms with Gasteiger partial charge in [-0.15, -0.1) is 0 Å². The predicted octanol–water partition coefficient (Wildman–Crippen LogP) is 3.33. The molecule has 4 rings (SSSR count). The number of hydrogen-bond donors (Lipinski definition) is 0. The molecule has 0 aliphatic carbocycles. The molecule has 5 nitrogen and oxygen atoms in total. The van der Waals surface area contributed by atoms with Crippen LogP contribution >= 0.6 is 0 Å². The Kier molecular flexibility index (Phi) is 4.70. The largest absolute Gasteiger partial charge is 0.368 e. The van der Waals surface area contributed by atoms with Crippen molar-refractivity contribution in [1.82, 2.24) is 9.97 Å². The Bertz CT molecular complexity index is 774. The Morgan fingerprint density at radius 3 is 1.96 bits per heavy atom. The van der Waals surface area contributed by atoms with E-state index in [1.54, 1.807) is 0 Å². The van der Waals surface area contributed by atoms with Gasteiger partial charge in [-0.05, 0) is 50.8 Å². The summed E-state index contributed by atoms with van der Waals surface area (Å²) in [6.45, 7) is 12.7. The Balaban J connectivity index is 1.48. The Labute approximate surface area is 156 Å². The highest BCUT2D eigenvalue weighted by atomic mass is 15.3. The summed E-state index contributed by atoms with van der Waals surface area (Å²) in [5, 5.41) is 0. The summed E-state index contributed by atoms with van der Waals surface area (Å²) in [4.78, 5) is 16.7. The first-order chi connectivity index (χ1) is 12.6. The molecule has 138 valence electrons. The summed E-state index contributed by atoms with van der Waals surface area (Å²) in [6, 6.07) is 8.79. The molecule has 2 saturated heterocycles. The number of aromatic nitrogens is 2. The van der Waals surface area contributed by atoms with Crippen molar-refractivity contribution in [1.29, 1.82) is 0 Å². The van der Waals surface area contributed by atoms with Crippen molar-refractivity contribution in [2.24, 2.45) is 0 Å². The van der Waals surface area contributed by atoms with Gasteiger partial charge in [-0.1, -0.05) is 12.1 Å². The van der Waals surface area contributed by atoms with Crippen LogP contribution in [0.1, 0.15) is 29.8 Å². The van der Waals surface area contributed by atoms with Crippen LogP contribution in [0.25, 0.3) is 0 Å². The molecule has 1 aromatic heterocycles. The molecular formula is C21H29N5. The molecule has 0 spiro atoms. The molecule has 2 fully saturated rings. The second-order valence-electron chi connectivity index (χ2n) is 7.52. The van der Waals surface area contributed by atoms with E-state index in [-0.39, 0.29) is 0 Å². The van der Waals surface area contributed by atoms with Gasteiger partial charge >= 0.3 is 0 Å². The van der Waals surface area contributed by atoms with E-state index >= 15 is 0 Å². The van der Waals surface area contributed by atoms with Gasteiger partial charge in [0.2, 0.25) is 0 Å². The maximum Gasteiger partial charge on any atom is 0.134 e. The maximum atomic E-state index is 4.73. The highest BCUT2D eigenvalue weighted by Gasteiger charge is 2.22. The normalized spacial score (nSPS) is 17.9. The van der Waals surface area contributed by atoms with Crippen LogP contribution in [0.5, 0.6) is 0 Å². The summed E-state index contributed by atoms with van der Waals surface area (Å²) in [5.74, 6) is 3.06. The van der Waals surface area contributed by atoms with E-state index in [1.165, 1.54) is 29.7 Å². The summed E-state index contributed by atoms with van der Waals surface area (Å²) in [7, 11) is 0. The monoisotopic (exact) mass is 351 g/mol. The van der Waals surface area contributed by atoms with E-state index in [0.717, 1.165) is 56.7 Å². The summed E-state index contributed by atoms with van der Waals surface area (Å²) in [6.07, 6.45) is 2.54. The third-order valence-corrected chi connectivity index (χ3v) is 5.76. The molecule has 0 bridgehead atoms. The molecule has 2 aliphatic heterocycles. The molecule has 0 radical (unpaired) electrons. The molecule has 3 heterocycles. The standard InChI is InChI=1S/C21H29N5/c1-16-7-6-8-19(17(16)2)24-11-13-26(14-12-24)21-15-20(22-18(3)23-21)25-9-4-5-10-25/h6-8,15H,4-5,9-14H2,1-3H3. The van der Waals surface area contributed by atoms with Crippen molar-refractivity contribution in [3.63, 3.8) is 0 Å². The second-order valence-corrected chi connectivity index (χ2v) is 7.52. The lowest BCUT2D eigenvalue weighted by Gasteiger charge is -2.38. The number of hydrogen-bond acceptors (Lipinski definition) is 5. The van der Waals surface area contributed by atoms with Crippen LogP contribution < -0.4 is 14.7 Å². The molecule has 2 aliphatic rings. The number of nitrogens with zero attached hydrogens (tertiary/aromatic N) is 5. The van der Waals surface area contributed by atoms with E-state index < -0.39 is 0 Å². The number of rotatable bonds is 3. The fourth-order valence-corrected chi connectivity index (χ4v) is 4.06. The lowest BCUT2D eigenvalue weighted by atomic mass is 10.1. The molecular weight excluding hydrogens is 322 g/mol. The summed E-state index contributed by atoms with van der Waals surface area (Å²) < 4.78 is 0. The van der Waals surface area contributed by atoms with Crippen molar-refractivity contribution < 1.29 is 0 Å². The molecule has 0 amide bonds. The average Bonchev–Trinajstić information content (AvgIpc) is 3.19. The van der Waals surface area contributed by atoms with Gasteiger partial charge in [0.1, 0.15) is 17.5 Å². The zero-order valence-electron chi connectivity index (χ0n) is 16.2. The Morgan fingerprint density at radius 2 is 1.31 bits per heavy atom. The van der Waals surface area contributed by atoms with Crippen molar-refractivity contribution >= 4 is 17.3 Å². The first-order valence-corrected chi connectivity index (χ1v) is 9.78. The van der Waals surface area contributed by atoms with Crippen LogP contribution in [0.15, 0.2) is 24.3 Å². The fraction of sp³-hybridized carbons (Fsp3) is 0.524. The number of anilines is 3. The number of piperazine rings is 1. The van der Waals surface area contributed by atoms with Gasteiger partial charge in [-0.3, -0.25) is 0 Å². The van der Waals surface area contributed by atoms with E-state index in [1.807, 2.05) is 6.92 Å². The molecule has 0 unspecified atom stereocenters. The van der Waals surface area contributed by atoms with Crippen LogP contribution in [0.4, 0.5) is 17.3 Å². The van der Waals surface area contributed by atoms with Crippen molar-refractivity contribution in [2.45, 2.75) is 33.6 Å². The average molecular weight is 351 g/mol. The molecule has 0 atom stereocenters.